The van der Waals surface area contributed by atoms with Gasteiger partial charge in [0.2, 0.25) is 5.88 Å². The van der Waals surface area contributed by atoms with Crippen LogP contribution in [-0.4, -0.2) is 16.3 Å². The molecule has 2 rings (SSSR count). The molecule has 0 amide bonds. The average molecular weight is 354 g/mol. The fourth-order valence-electron chi connectivity index (χ4n) is 2.50. The summed E-state index contributed by atoms with van der Waals surface area (Å²) >= 11 is 0. The number of aromatic nitrogens is 1. The molecule has 0 aliphatic heterocycles. The Hall–Kier alpha value is -3.14. The molecular formula is C19H22N4O3. The van der Waals surface area contributed by atoms with E-state index in [0.717, 1.165) is 5.75 Å². The minimum absolute atomic E-state index is 0.0329. The molecule has 0 spiro atoms. The largest absolute Gasteiger partial charge is 0.494 e. The summed E-state index contributed by atoms with van der Waals surface area (Å²) in [6.45, 7) is 7.73. The van der Waals surface area contributed by atoms with Crippen LogP contribution in [0.25, 0.3) is 0 Å². The average Bonchev–Trinajstić information content (AvgIpc) is 2.63. The van der Waals surface area contributed by atoms with Crippen molar-refractivity contribution in [1.29, 1.82) is 5.26 Å². The van der Waals surface area contributed by atoms with Crippen LogP contribution in [0.15, 0.2) is 39.3 Å². The van der Waals surface area contributed by atoms with Gasteiger partial charge in [-0.05, 0) is 51.5 Å². The maximum Gasteiger partial charge on any atom is 0.281 e. The third-order valence-electron chi connectivity index (χ3n) is 4.16. The van der Waals surface area contributed by atoms with Crippen molar-refractivity contribution in [2.24, 2.45) is 10.2 Å². The van der Waals surface area contributed by atoms with Gasteiger partial charge in [0.05, 0.1) is 12.3 Å². The van der Waals surface area contributed by atoms with Crippen molar-refractivity contribution in [3.8, 4) is 17.7 Å². The van der Waals surface area contributed by atoms with Gasteiger partial charge in [-0.1, -0.05) is 6.92 Å². The molecule has 0 saturated heterocycles. The molecule has 7 heteroatoms. The maximum atomic E-state index is 12.8. The molecule has 0 saturated carbocycles. The first-order chi connectivity index (χ1) is 12.4. The van der Waals surface area contributed by atoms with Crippen molar-refractivity contribution in [3.05, 3.63) is 45.7 Å². The molecule has 1 aromatic heterocycles. The molecule has 2 aromatic rings. The minimum atomic E-state index is -0.469. The maximum absolute atomic E-state index is 12.8. The summed E-state index contributed by atoms with van der Waals surface area (Å²) in [7, 11) is 0. The number of benzene rings is 1. The van der Waals surface area contributed by atoms with E-state index >= 15 is 0 Å². The number of ether oxygens (including phenoxy) is 1. The zero-order valence-electron chi connectivity index (χ0n) is 15.4. The quantitative estimate of drug-likeness (QED) is 0.771. The number of hydrogen-bond donors (Lipinski definition) is 1. The standard InChI is InChI=1S/C19H22N4O3/c1-5-12(3)23-18(24)16(11-20)13(4)17(19(23)25)22-21-14-7-9-15(10-8-14)26-6-2/h7-10,12,24H,5-6H2,1-4H3. The second-order valence-corrected chi connectivity index (χ2v) is 5.84. The minimum Gasteiger partial charge on any atom is -0.494 e. The predicted molar refractivity (Wildman–Crippen MR) is 98.6 cm³/mol. The summed E-state index contributed by atoms with van der Waals surface area (Å²) in [5.41, 5.74) is 0.472. The van der Waals surface area contributed by atoms with E-state index in [4.69, 9.17) is 4.74 Å². The molecule has 1 aromatic carbocycles. The first-order valence-electron chi connectivity index (χ1n) is 8.47. The number of aromatic hydroxyl groups is 1. The molecule has 0 radical (unpaired) electrons. The summed E-state index contributed by atoms with van der Waals surface area (Å²) in [5.74, 6) is 0.391. The highest BCUT2D eigenvalue weighted by atomic mass is 16.5. The molecule has 0 aliphatic rings. The Balaban J connectivity index is 2.52. The van der Waals surface area contributed by atoms with Crippen LogP contribution >= 0.6 is 0 Å². The molecule has 1 unspecified atom stereocenters. The van der Waals surface area contributed by atoms with Crippen molar-refractivity contribution in [2.45, 2.75) is 40.2 Å². The lowest BCUT2D eigenvalue weighted by atomic mass is 10.1. The number of rotatable bonds is 6. The van der Waals surface area contributed by atoms with Gasteiger partial charge in [-0.25, -0.2) is 0 Å². The third kappa shape index (κ3) is 3.75. The van der Waals surface area contributed by atoms with E-state index in [2.05, 4.69) is 10.2 Å². The van der Waals surface area contributed by atoms with E-state index < -0.39 is 5.56 Å². The highest BCUT2D eigenvalue weighted by Gasteiger charge is 2.21. The van der Waals surface area contributed by atoms with Gasteiger partial charge in [-0.2, -0.15) is 10.4 Å². The smallest absolute Gasteiger partial charge is 0.281 e. The van der Waals surface area contributed by atoms with Crippen LogP contribution in [0.5, 0.6) is 11.6 Å². The van der Waals surface area contributed by atoms with E-state index in [1.165, 1.54) is 4.57 Å². The molecule has 0 aliphatic carbocycles. The van der Waals surface area contributed by atoms with Crippen LogP contribution in [0.1, 0.15) is 44.4 Å². The van der Waals surface area contributed by atoms with Crippen LogP contribution in [0, 0.1) is 18.3 Å². The molecule has 136 valence electrons. The van der Waals surface area contributed by atoms with E-state index in [0.29, 0.717) is 24.3 Å². The number of nitriles is 1. The monoisotopic (exact) mass is 354 g/mol. The highest BCUT2D eigenvalue weighted by Crippen LogP contribution is 2.29. The van der Waals surface area contributed by atoms with Gasteiger partial charge in [-0.3, -0.25) is 9.36 Å². The van der Waals surface area contributed by atoms with Gasteiger partial charge in [-0.15, -0.1) is 5.11 Å². The molecule has 7 nitrogen and oxygen atoms in total. The van der Waals surface area contributed by atoms with Crippen molar-refractivity contribution < 1.29 is 9.84 Å². The number of pyridine rings is 1. The Morgan fingerprint density at radius 1 is 1.27 bits per heavy atom. The molecule has 0 fully saturated rings. The zero-order chi connectivity index (χ0) is 19.3. The van der Waals surface area contributed by atoms with Crippen molar-refractivity contribution in [2.75, 3.05) is 6.61 Å². The Bertz CT molecular complexity index is 908. The molecule has 0 bridgehead atoms. The van der Waals surface area contributed by atoms with E-state index in [-0.39, 0.29) is 23.2 Å². The van der Waals surface area contributed by atoms with Gasteiger partial charge in [0.1, 0.15) is 17.4 Å². The number of nitrogens with zero attached hydrogens (tertiary/aromatic N) is 4. The van der Waals surface area contributed by atoms with Crippen LogP contribution in [0.4, 0.5) is 11.4 Å². The lowest BCUT2D eigenvalue weighted by Gasteiger charge is -2.17. The van der Waals surface area contributed by atoms with Crippen molar-refractivity contribution in [3.63, 3.8) is 0 Å². The van der Waals surface area contributed by atoms with Crippen LogP contribution < -0.4 is 10.3 Å². The highest BCUT2D eigenvalue weighted by molar-refractivity contribution is 5.57. The van der Waals surface area contributed by atoms with Gasteiger partial charge in [0.15, 0.2) is 5.69 Å². The first-order valence-corrected chi connectivity index (χ1v) is 8.47. The third-order valence-corrected chi connectivity index (χ3v) is 4.16. The van der Waals surface area contributed by atoms with Gasteiger partial charge >= 0.3 is 0 Å². The fraction of sp³-hybridized carbons (Fsp3) is 0.368. The molecule has 1 N–H and O–H groups in total. The Morgan fingerprint density at radius 3 is 2.46 bits per heavy atom. The summed E-state index contributed by atoms with van der Waals surface area (Å²) in [6, 6.07) is 8.65. The Morgan fingerprint density at radius 2 is 1.92 bits per heavy atom. The van der Waals surface area contributed by atoms with Crippen LogP contribution in [0.3, 0.4) is 0 Å². The lowest BCUT2D eigenvalue weighted by molar-refractivity contribution is 0.340. The summed E-state index contributed by atoms with van der Waals surface area (Å²) in [6.07, 6.45) is 0.622. The molecular weight excluding hydrogens is 332 g/mol. The number of hydrogen-bond acceptors (Lipinski definition) is 6. The van der Waals surface area contributed by atoms with Gasteiger partial charge in [0, 0.05) is 11.6 Å². The molecule has 1 atom stereocenters. The summed E-state index contributed by atoms with van der Waals surface area (Å²) in [4.78, 5) is 12.8. The second kappa shape index (κ2) is 8.30. The predicted octanol–water partition coefficient (Wildman–Crippen LogP) is 4.52. The summed E-state index contributed by atoms with van der Waals surface area (Å²) < 4.78 is 6.56. The normalized spacial score (nSPS) is 12.1. The summed E-state index contributed by atoms with van der Waals surface area (Å²) in [5, 5.41) is 27.8. The Labute approximate surface area is 152 Å². The first kappa shape index (κ1) is 19.2. The zero-order valence-corrected chi connectivity index (χ0v) is 15.4. The van der Waals surface area contributed by atoms with Gasteiger partial charge < -0.3 is 9.84 Å². The van der Waals surface area contributed by atoms with Crippen LogP contribution in [0.2, 0.25) is 0 Å². The second-order valence-electron chi connectivity index (χ2n) is 5.84. The lowest BCUT2D eigenvalue weighted by Crippen LogP contribution is -2.24. The van der Waals surface area contributed by atoms with Crippen molar-refractivity contribution >= 4 is 11.4 Å². The van der Waals surface area contributed by atoms with E-state index in [9.17, 15) is 15.2 Å². The van der Waals surface area contributed by atoms with E-state index in [1.807, 2.05) is 19.9 Å². The van der Waals surface area contributed by atoms with Crippen LogP contribution in [-0.2, 0) is 0 Å². The SMILES string of the molecule is CCOc1ccc(N=Nc2c(C)c(C#N)c(O)n(C(C)CC)c2=O)cc1. The van der Waals surface area contributed by atoms with Gasteiger partial charge in [0.25, 0.3) is 5.56 Å². The van der Waals surface area contributed by atoms with E-state index in [1.54, 1.807) is 38.1 Å². The Kier molecular flexibility index (Phi) is 6.12. The van der Waals surface area contributed by atoms with Crippen molar-refractivity contribution in [1.82, 2.24) is 4.57 Å². The number of azo groups is 1. The topological polar surface area (TPSA) is 100.0 Å². The molecule has 1 heterocycles. The fourth-order valence-corrected chi connectivity index (χ4v) is 2.50. The molecule has 26 heavy (non-hydrogen) atoms.